The summed E-state index contributed by atoms with van der Waals surface area (Å²) in [4.78, 5) is 14.6. The monoisotopic (exact) mass is 241 g/mol. The summed E-state index contributed by atoms with van der Waals surface area (Å²) in [5.41, 5.74) is 0.0518. The zero-order chi connectivity index (χ0) is 11.5. The minimum absolute atomic E-state index is 0.0518. The minimum atomic E-state index is -0.408. The Labute approximate surface area is 96.5 Å². The summed E-state index contributed by atoms with van der Waals surface area (Å²) >= 11 is 1.40. The molecular weight excluding hydrogens is 230 g/mol. The van der Waals surface area contributed by atoms with E-state index in [-0.39, 0.29) is 10.9 Å². The Morgan fingerprint density at radius 3 is 2.88 bits per heavy atom. The number of nitrogens with zero attached hydrogens (tertiary/aromatic N) is 2. The maximum atomic E-state index is 10.8. The zero-order valence-electron chi connectivity index (χ0n) is 8.67. The lowest BCUT2D eigenvalue weighted by atomic mass is 10.4. The summed E-state index contributed by atoms with van der Waals surface area (Å²) in [5.74, 6) is 0.633. The largest absolute Gasteiger partial charge is 0.379 e. The van der Waals surface area contributed by atoms with Gasteiger partial charge in [-0.2, -0.15) is 0 Å². The highest BCUT2D eigenvalue weighted by molar-refractivity contribution is 8.00. The van der Waals surface area contributed by atoms with E-state index in [1.807, 2.05) is 0 Å². The van der Waals surface area contributed by atoms with Crippen LogP contribution in [-0.4, -0.2) is 35.4 Å². The fraction of sp³-hybridized carbons (Fsp3) is 0.444. The zero-order valence-corrected chi connectivity index (χ0v) is 9.49. The van der Waals surface area contributed by atoms with Gasteiger partial charge in [0.25, 0.3) is 0 Å². The van der Waals surface area contributed by atoms with Crippen LogP contribution in [0, 0.1) is 10.1 Å². The van der Waals surface area contributed by atoms with E-state index in [1.165, 1.54) is 17.8 Å². The van der Waals surface area contributed by atoms with Gasteiger partial charge in [-0.3, -0.25) is 10.1 Å². The Bertz CT molecular complexity index is 409. The van der Waals surface area contributed by atoms with Crippen LogP contribution in [0.5, 0.6) is 0 Å². The van der Waals surface area contributed by atoms with Crippen LogP contribution < -0.4 is 5.32 Å². The van der Waals surface area contributed by atoms with E-state index in [4.69, 9.17) is 4.74 Å². The molecule has 0 saturated carbocycles. The average Bonchev–Trinajstić information content (AvgIpc) is 2.22. The number of thioether (sulfide) groups is 1. The molecule has 86 valence electrons. The predicted octanol–water partition coefficient (Wildman–Crippen LogP) is 1.52. The number of nitrogens with one attached hydrogen (secondary N) is 1. The van der Waals surface area contributed by atoms with Crippen molar-refractivity contribution in [3.05, 3.63) is 22.2 Å². The van der Waals surface area contributed by atoms with E-state index in [0.717, 1.165) is 0 Å². The normalized spacial score (nSPS) is 15.6. The van der Waals surface area contributed by atoms with Gasteiger partial charge in [-0.15, -0.1) is 0 Å². The first-order valence-corrected chi connectivity index (χ1v) is 5.66. The Morgan fingerprint density at radius 1 is 1.62 bits per heavy atom. The van der Waals surface area contributed by atoms with Gasteiger partial charge in [0.1, 0.15) is 5.82 Å². The Morgan fingerprint density at radius 2 is 2.38 bits per heavy atom. The van der Waals surface area contributed by atoms with Crippen LogP contribution in [0.3, 0.4) is 0 Å². The van der Waals surface area contributed by atoms with Crippen molar-refractivity contribution in [2.45, 2.75) is 10.3 Å². The lowest BCUT2D eigenvalue weighted by Crippen LogP contribution is -2.30. The maximum Gasteiger partial charge on any atom is 0.301 e. The molecule has 0 atom stereocenters. The number of ether oxygens (including phenoxy) is 1. The first-order chi connectivity index (χ1) is 7.70. The van der Waals surface area contributed by atoms with Gasteiger partial charge in [0, 0.05) is 13.1 Å². The van der Waals surface area contributed by atoms with Gasteiger partial charge in [-0.1, -0.05) is 11.8 Å². The van der Waals surface area contributed by atoms with Crippen LogP contribution in [0.4, 0.5) is 11.5 Å². The molecule has 1 fully saturated rings. The third-order valence-corrected chi connectivity index (χ3v) is 3.31. The van der Waals surface area contributed by atoms with E-state index in [1.54, 1.807) is 13.1 Å². The third kappa shape index (κ3) is 2.25. The SMILES string of the molecule is CNc1ccc([N+](=O)[O-])c(SC2COC2)n1. The van der Waals surface area contributed by atoms with E-state index in [9.17, 15) is 10.1 Å². The standard InChI is InChI=1S/C9H11N3O3S/c1-10-8-3-2-7(12(13)14)9(11-8)16-6-4-15-5-6/h2-3,6H,4-5H2,1H3,(H,10,11). The second-order valence-electron chi connectivity index (χ2n) is 3.31. The smallest absolute Gasteiger partial charge is 0.301 e. The van der Waals surface area contributed by atoms with Gasteiger partial charge in [0.05, 0.1) is 23.4 Å². The molecular formula is C9H11N3O3S. The average molecular weight is 241 g/mol. The van der Waals surface area contributed by atoms with Crippen molar-refractivity contribution < 1.29 is 9.66 Å². The molecule has 1 aliphatic rings. The fourth-order valence-corrected chi connectivity index (χ4v) is 2.30. The second-order valence-corrected chi connectivity index (χ2v) is 4.59. The van der Waals surface area contributed by atoms with Crippen molar-refractivity contribution in [3.63, 3.8) is 0 Å². The number of hydrogen-bond acceptors (Lipinski definition) is 6. The molecule has 1 saturated heterocycles. The number of rotatable bonds is 4. The molecule has 2 heterocycles. The molecule has 1 N–H and O–H groups in total. The van der Waals surface area contributed by atoms with E-state index >= 15 is 0 Å². The predicted molar refractivity (Wildman–Crippen MR) is 60.9 cm³/mol. The van der Waals surface area contributed by atoms with Gasteiger partial charge < -0.3 is 10.1 Å². The van der Waals surface area contributed by atoms with E-state index in [2.05, 4.69) is 10.3 Å². The first kappa shape index (κ1) is 11.2. The van der Waals surface area contributed by atoms with Crippen molar-refractivity contribution in [3.8, 4) is 0 Å². The topological polar surface area (TPSA) is 77.3 Å². The summed E-state index contributed by atoms with van der Waals surface area (Å²) < 4.78 is 5.03. The van der Waals surface area contributed by atoms with Crippen LogP contribution in [-0.2, 0) is 4.74 Å². The minimum Gasteiger partial charge on any atom is -0.379 e. The maximum absolute atomic E-state index is 10.8. The molecule has 6 nitrogen and oxygen atoms in total. The van der Waals surface area contributed by atoms with E-state index < -0.39 is 4.92 Å². The van der Waals surface area contributed by atoms with Crippen molar-refractivity contribution in [2.24, 2.45) is 0 Å². The summed E-state index contributed by atoms with van der Waals surface area (Å²) in [6, 6.07) is 3.07. The summed E-state index contributed by atoms with van der Waals surface area (Å²) in [7, 11) is 1.73. The van der Waals surface area contributed by atoms with Crippen molar-refractivity contribution in [2.75, 3.05) is 25.6 Å². The van der Waals surface area contributed by atoms with E-state index in [0.29, 0.717) is 24.1 Å². The Balaban J connectivity index is 2.25. The fourth-order valence-electron chi connectivity index (χ4n) is 1.24. The number of anilines is 1. The van der Waals surface area contributed by atoms with Crippen molar-refractivity contribution in [1.29, 1.82) is 0 Å². The Kier molecular flexibility index (Phi) is 3.25. The van der Waals surface area contributed by atoms with Crippen LogP contribution in [0.2, 0.25) is 0 Å². The first-order valence-electron chi connectivity index (χ1n) is 4.78. The van der Waals surface area contributed by atoms with Gasteiger partial charge in [-0.05, 0) is 6.07 Å². The number of hydrogen-bond donors (Lipinski definition) is 1. The highest BCUT2D eigenvalue weighted by atomic mass is 32.2. The van der Waals surface area contributed by atoms with Gasteiger partial charge >= 0.3 is 5.69 Å². The summed E-state index contributed by atoms with van der Waals surface area (Å²) in [5, 5.41) is 14.4. The second kappa shape index (κ2) is 4.67. The van der Waals surface area contributed by atoms with Gasteiger partial charge in [-0.25, -0.2) is 4.98 Å². The molecule has 1 aromatic rings. The summed E-state index contributed by atoms with van der Waals surface area (Å²) in [6.07, 6.45) is 0. The van der Waals surface area contributed by atoms with Crippen LogP contribution >= 0.6 is 11.8 Å². The molecule has 1 aromatic heterocycles. The van der Waals surface area contributed by atoms with Crippen LogP contribution in [0.25, 0.3) is 0 Å². The van der Waals surface area contributed by atoms with Gasteiger partial charge in [0.15, 0.2) is 5.03 Å². The van der Waals surface area contributed by atoms with Crippen LogP contribution in [0.1, 0.15) is 0 Å². The molecule has 0 spiro atoms. The molecule has 0 amide bonds. The lowest BCUT2D eigenvalue weighted by Gasteiger charge is -2.24. The van der Waals surface area contributed by atoms with Crippen molar-refractivity contribution >= 4 is 23.3 Å². The number of pyridine rings is 1. The molecule has 0 aromatic carbocycles. The summed E-state index contributed by atoms with van der Waals surface area (Å²) in [6.45, 7) is 1.26. The van der Waals surface area contributed by atoms with Crippen LogP contribution in [0.15, 0.2) is 17.2 Å². The third-order valence-electron chi connectivity index (χ3n) is 2.18. The molecule has 7 heteroatoms. The highest BCUT2D eigenvalue weighted by Gasteiger charge is 2.25. The number of aromatic nitrogens is 1. The lowest BCUT2D eigenvalue weighted by molar-refractivity contribution is -0.388. The molecule has 0 radical (unpaired) electrons. The highest BCUT2D eigenvalue weighted by Crippen LogP contribution is 2.33. The van der Waals surface area contributed by atoms with Crippen molar-refractivity contribution in [1.82, 2.24) is 4.98 Å². The quantitative estimate of drug-likeness (QED) is 0.636. The van der Waals surface area contributed by atoms with Gasteiger partial charge in [0.2, 0.25) is 0 Å². The molecule has 2 rings (SSSR count). The molecule has 0 aliphatic carbocycles. The molecule has 0 unspecified atom stereocenters. The molecule has 1 aliphatic heterocycles. The number of nitro groups is 1. The Hall–Kier alpha value is -1.34. The molecule has 16 heavy (non-hydrogen) atoms. The molecule has 0 bridgehead atoms.